The number of hydrogen-bond donors (Lipinski definition) is 1. The Balaban J connectivity index is 2.81. The zero-order valence-corrected chi connectivity index (χ0v) is 5.36. The van der Waals surface area contributed by atoms with Crippen LogP contribution in [-0.4, -0.2) is 16.6 Å². The fourth-order valence-corrected chi connectivity index (χ4v) is 1.41. The first-order valence-electron chi connectivity index (χ1n) is 2.39. The summed E-state index contributed by atoms with van der Waals surface area (Å²) in [5.41, 5.74) is 0. The van der Waals surface area contributed by atoms with E-state index in [-0.39, 0.29) is 10.8 Å². The van der Waals surface area contributed by atoms with Gasteiger partial charge >= 0.3 is 0 Å². The Morgan fingerprint density at radius 2 is 2.56 bits per heavy atom. The summed E-state index contributed by atoms with van der Waals surface area (Å²) in [5.74, 6) is -0.584. The number of ketones is 1. The molecule has 4 heteroatoms. The largest absolute Gasteiger partial charge is 0.297 e. The highest BCUT2D eigenvalue weighted by atomic mass is 32.2. The molecule has 0 amide bonds. The average Bonchev–Trinajstić information content (AvgIpc) is 2.12. The molecule has 0 saturated carbocycles. The molecule has 0 aliphatic carbocycles. The number of rotatable bonds is 0. The first-order chi connectivity index (χ1) is 4.25. The minimum atomic E-state index is -0.755. The molecular formula is C5H4N2OS. The predicted octanol–water partition coefficient (Wildman–Crippen LogP) is 0.419. The van der Waals surface area contributed by atoms with Gasteiger partial charge in [0, 0.05) is 0 Å². The Morgan fingerprint density at radius 3 is 2.78 bits per heavy atom. The lowest BCUT2D eigenvalue weighted by Gasteiger charge is -1.89. The lowest BCUT2D eigenvalue weighted by molar-refractivity contribution is -0.116. The van der Waals surface area contributed by atoms with Gasteiger partial charge in [0.05, 0.1) is 16.9 Å². The summed E-state index contributed by atoms with van der Waals surface area (Å²) in [7, 11) is 0. The van der Waals surface area contributed by atoms with Crippen molar-refractivity contribution >= 4 is 22.6 Å². The van der Waals surface area contributed by atoms with E-state index in [0.29, 0.717) is 5.75 Å². The Bertz CT molecular complexity index is 189. The quantitative estimate of drug-likeness (QED) is 0.530. The summed E-state index contributed by atoms with van der Waals surface area (Å²) in [6.45, 7) is 0. The monoisotopic (exact) mass is 140 g/mol. The van der Waals surface area contributed by atoms with Gasteiger partial charge in [-0.3, -0.25) is 10.2 Å². The van der Waals surface area contributed by atoms with Crippen LogP contribution < -0.4 is 0 Å². The van der Waals surface area contributed by atoms with Crippen LogP contribution in [0.3, 0.4) is 0 Å². The molecule has 9 heavy (non-hydrogen) atoms. The fraction of sp³-hybridized carbons (Fsp3) is 0.400. The maximum Gasteiger partial charge on any atom is 0.166 e. The van der Waals surface area contributed by atoms with Crippen LogP contribution in [-0.2, 0) is 4.79 Å². The first-order valence-corrected chi connectivity index (χ1v) is 3.38. The van der Waals surface area contributed by atoms with Crippen LogP contribution in [0.25, 0.3) is 0 Å². The molecule has 3 nitrogen and oxygen atoms in total. The number of thioether (sulfide) groups is 1. The van der Waals surface area contributed by atoms with E-state index in [2.05, 4.69) is 0 Å². The van der Waals surface area contributed by atoms with E-state index < -0.39 is 5.92 Å². The molecule has 0 aromatic rings. The van der Waals surface area contributed by atoms with E-state index in [1.54, 1.807) is 6.07 Å². The summed E-state index contributed by atoms with van der Waals surface area (Å²) in [6, 6.07) is 1.77. The Kier molecular flexibility index (Phi) is 1.54. The smallest absolute Gasteiger partial charge is 0.166 e. The minimum absolute atomic E-state index is 0.132. The second-order valence-electron chi connectivity index (χ2n) is 1.68. The number of carbonyl (C=O) groups is 1. The molecule has 46 valence electrons. The molecule has 1 aliphatic heterocycles. The van der Waals surface area contributed by atoms with Crippen LogP contribution in [0.15, 0.2) is 0 Å². The van der Waals surface area contributed by atoms with Gasteiger partial charge in [0.1, 0.15) is 0 Å². The molecule has 0 spiro atoms. The molecule has 0 aromatic heterocycles. The fourth-order valence-electron chi connectivity index (χ4n) is 0.592. The van der Waals surface area contributed by atoms with Crippen molar-refractivity contribution < 1.29 is 4.79 Å². The lowest BCUT2D eigenvalue weighted by Crippen LogP contribution is -2.10. The Hall–Kier alpha value is -0.820. The van der Waals surface area contributed by atoms with Crippen molar-refractivity contribution in [3.8, 4) is 6.07 Å². The van der Waals surface area contributed by atoms with Gasteiger partial charge in [0.15, 0.2) is 11.7 Å². The third-order valence-electron chi connectivity index (χ3n) is 1.08. The van der Waals surface area contributed by atoms with Crippen molar-refractivity contribution in [3.63, 3.8) is 0 Å². The van der Waals surface area contributed by atoms with Crippen LogP contribution in [0.4, 0.5) is 0 Å². The number of nitrogens with zero attached hydrogens (tertiary/aromatic N) is 1. The zero-order chi connectivity index (χ0) is 6.85. The second-order valence-corrected chi connectivity index (χ2v) is 2.70. The molecule has 1 fully saturated rings. The highest BCUT2D eigenvalue weighted by Gasteiger charge is 2.30. The standard InChI is InChI=1S/C5H4N2OS/c6-1-3-4(8)2-9-5(3)7/h3,7H,2H2. The average molecular weight is 140 g/mol. The summed E-state index contributed by atoms with van der Waals surface area (Å²) in [4.78, 5) is 10.6. The van der Waals surface area contributed by atoms with Gasteiger partial charge in [0.25, 0.3) is 0 Å². The molecule has 0 bridgehead atoms. The van der Waals surface area contributed by atoms with Gasteiger partial charge in [-0.2, -0.15) is 5.26 Å². The van der Waals surface area contributed by atoms with Crippen molar-refractivity contribution in [2.45, 2.75) is 0 Å². The van der Waals surface area contributed by atoms with Gasteiger partial charge < -0.3 is 0 Å². The molecular weight excluding hydrogens is 136 g/mol. The first kappa shape index (κ1) is 6.30. The van der Waals surface area contributed by atoms with Crippen molar-refractivity contribution in [2.24, 2.45) is 5.92 Å². The summed E-state index contributed by atoms with van der Waals surface area (Å²) < 4.78 is 0. The molecule has 0 radical (unpaired) electrons. The van der Waals surface area contributed by atoms with Crippen molar-refractivity contribution in [3.05, 3.63) is 0 Å². The summed E-state index contributed by atoms with van der Waals surface area (Å²) >= 11 is 1.15. The number of nitriles is 1. The van der Waals surface area contributed by atoms with E-state index in [1.807, 2.05) is 0 Å². The molecule has 1 N–H and O–H groups in total. The second kappa shape index (κ2) is 2.19. The number of nitrogens with one attached hydrogen (secondary N) is 1. The summed E-state index contributed by atoms with van der Waals surface area (Å²) in [5, 5.41) is 15.5. The van der Waals surface area contributed by atoms with Crippen LogP contribution in [0, 0.1) is 22.7 Å². The molecule has 1 atom stereocenters. The lowest BCUT2D eigenvalue weighted by atomic mass is 10.1. The summed E-state index contributed by atoms with van der Waals surface area (Å²) in [6.07, 6.45) is 0. The molecule has 1 rings (SSSR count). The SMILES string of the molecule is N#CC1C(=N)SCC1=O. The normalized spacial score (nSPS) is 26.3. The van der Waals surface area contributed by atoms with E-state index >= 15 is 0 Å². The van der Waals surface area contributed by atoms with Crippen LogP contribution in [0.2, 0.25) is 0 Å². The molecule has 1 saturated heterocycles. The zero-order valence-electron chi connectivity index (χ0n) is 4.55. The number of carbonyl (C=O) groups excluding carboxylic acids is 1. The highest BCUT2D eigenvalue weighted by molar-refractivity contribution is 8.15. The van der Waals surface area contributed by atoms with Crippen molar-refractivity contribution in [1.82, 2.24) is 0 Å². The van der Waals surface area contributed by atoms with Gasteiger partial charge in [-0.1, -0.05) is 0 Å². The minimum Gasteiger partial charge on any atom is -0.297 e. The number of Topliss-reactive ketones (excluding diaryl/α,β-unsaturated/α-hetero) is 1. The number of hydrogen-bond acceptors (Lipinski definition) is 4. The molecule has 1 heterocycles. The van der Waals surface area contributed by atoms with Gasteiger partial charge in [-0.15, -0.1) is 11.8 Å². The van der Waals surface area contributed by atoms with E-state index in [9.17, 15) is 4.79 Å². The van der Waals surface area contributed by atoms with E-state index in [0.717, 1.165) is 11.8 Å². The molecule has 1 unspecified atom stereocenters. The van der Waals surface area contributed by atoms with Gasteiger partial charge in [-0.05, 0) is 0 Å². The predicted molar refractivity (Wildman–Crippen MR) is 34.3 cm³/mol. The van der Waals surface area contributed by atoms with Crippen LogP contribution >= 0.6 is 11.8 Å². The van der Waals surface area contributed by atoms with Crippen LogP contribution in [0.1, 0.15) is 0 Å². The van der Waals surface area contributed by atoms with Crippen molar-refractivity contribution in [1.29, 1.82) is 10.7 Å². The Labute approximate surface area is 56.6 Å². The third-order valence-corrected chi connectivity index (χ3v) is 2.06. The maximum atomic E-state index is 10.6. The van der Waals surface area contributed by atoms with Gasteiger partial charge in [0.2, 0.25) is 0 Å². The van der Waals surface area contributed by atoms with E-state index in [1.165, 1.54) is 0 Å². The van der Waals surface area contributed by atoms with Gasteiger partial charge in [-0.25, -0.2) is 0 Å². The third kappa shape index (κ3) is 0.958. The maximum absolute atomic E-state index is 10.6. The molecule has 0 aromatic carbocycles. The highest BCUT2D eigenvalue weighted by Crippen LogP contribution is 2.21. The Morgan fingerprint density at radius 1 is 1.89 bits per heavy atom. The molecule has 1 aliphatic rings. The van der Waals surface area contributed by atoms with E-state index in [4.69, 9.17) is 10.7 Å². The topological polar surface area (TPSA) is 64.7 Å². The van der Waals surface area contributed by atoms with Crippen molar-refractivity contribution in [2.75, 3.05) is 5.75 Å². The van der Waals surface area contributed by atoms with Crippen LogP contribution in [0.5, 0.6) is 0 Å².